The van der Waals surface area contributed by atoms with Gasteiger partial charge in [0.25, 0.3) is 5.91 Å². The average molecular weight is 2520 g/mol. The third-order valence-corrected chi connectivity index (χ3v) is 31.1. The fraction of sp³-hybridized carbons (Fsp3) is 0.571. The van der Waals surface area contributed by atoms with Crippen molar-refractivity contribution in [2.24, 2.45) is 17.8 Å². The summed E-state index contributed by atoms with van der Waals surface area (Å²) < 4.78 is 75.7. The number of hydrogen-bond acceptors (Lipinski definition) is 23. The zero-order valence-electron chi connectivity index (χ0n) is 92.5. The van der Waals surface area contributed by atoms with Crippen molar-refractivity contribution in [2.45, 2.75) is 282 Å². The van der Waals surface area contributed by atoms with Crippen molar-refractivity contribution >= 4 is 200 Å². The first-order valence-electron chi connectivity index (χ1n) is 50.3. The normalized spacial score (nSPS) is 15.3. The topological polar surface area (TPSA) is 332 Å². The van der Waals surface area contributed by atoms with Gasteiger partial charge in [0.1, 0.15) is 83.2 Å². The number of alkyl halides is 1. The number of methoxy groups -OCH3 is 2. The van der Waals surface area contributed by atoms with E-state index in [-0.39, 0.29) is 126 Å². The van der Waals surface area contributed by atoms with Crippen molar-refractivity contribution < 1.29 is 152 Å². The Labute approximate surface area is 984 Å². The molecule has 3 aliphatic rings. The molecule has 149 heavy (non-hydrogen) atoms. The molecule has 0 radical (unpaired) electrons. The number of unbranched alkanes of at least 4 members (excludes halogenated alkanes) is 2. The third kappa shape index (κ3) is 52.1. The summed E-state index contributed by atoms with van der Waals surface area (Å²) in [6.45, 7) is 55.7. The van der Waals surface area contributed by atoms with Gasteiger partial charge in [-0.3, -0.25) is 9.63 Å². The third-order valence-electron chi connectivity index (χ3n) is 22.8. The predicted molar refractivity (Wildman–Crippen MR) is 634 cm³/mol. The van der Waals surface area contributed by atoms with E-state index in [2.05, 4.69) is 212 Å². The van der Waals surface area contributed by atoms with Crippen LogP contribution in [0.15, 0.2) is 187 Å². The van der Waals surface area contributed by atoms with E-state index < -0.39 is 54.0 Å². The van der Waals surface area contributed by atoms with Crippen LogP contribution in [0.25, 0.3) is 43.9 Å². The molecular formula is C112H176Br5ClKN5O21Si4. The van der Waals surface area contributed by atoms with Gasteiger partial charge in [-0.15, -0.1) is 0 Å². The minimum atomic E-state index is -1.66. The molecule has 37 heteroatoms. The molecule has 5 atom stereocenters. The number of aliphatic hydroxyl groups is 2. The van der Waals surface area contributed by atoms with E-state index in [4.69, 9.17) is 86.6 Å². The maximum atomic E-state index is 12.8. The van der Waals surface area contributed by atoms with Gasteiger partial charge < -0.3 is 96.2 Å². The summed E-state index contributed by atoms with van der Waals surface area (Å²) in [7, 11) is 0.792. The Kier molecular flexibility index (Phi) is 70.1. The number of rotatable bonds is 31. The Bertz CT molecular complexity index is 5420. The molecule has 10 aromatic rings. The molecule has 0 aliphatic carbocycles. The summed E-state index contributed by atoms with van der Waals surface area (Å²) in [4.78, 5) is 45.1. The summed E-state index contributed by atoms with van der Waals surface area (Å²) in [5.74, 6) is 0.864. The molecule has 834 valence electrons. The molecular weight excluding hydrogens is 2340 g/mol. The van der Waals surface area contributed by atoms with Crippen molar-refractivity contribution in [3.8, 4) is 17.6 Å². The van der Waals surface area contributed by atoms with Gasteiger partial charge in [-0.1, -0.05) is 194 Å². The smallest absolute Gasteiger partial charge is 0.870 e. The molecule has 0 bridgehead atoms. The fourth-order valence-electron chi connectivity index (χ4n) is 15.6. The Morgan fingerprint density at radius 3 is 1.32 bits per heavy atom. The molecule has 0 spiro atoms. The van der Waals surface area contributed by atoms with Gasteiger partial charge >= 0.3 is 63.6 Å². The molecule has 26 nitrogen and oxygen atoms in total. The second kappa shape index (κ2) is 72.4. The average Bonchev–Trinajstić information content (AvgIpc) is 1.66. The van der Waals surface area contributed by atoms with Crippen LogP contribution in [0, 0.1) is 29.1 Å². The molecule has 5 N–H and O–H groups in total. The number of halogens is 6. The molecule has 4 aromatic heterocycles. The number of para-hydroxylation sites is 6. The number of nitrogens with one attached hydrogen (secondary N) is 1. The minimum absolute atomic E-state index is 0. The van der Waals surface area contributed by atoms with E-state index in [1.165, 1.54) is 29.9 Å². The SMILES string of the molecule is Brc1cccc2ccoc12.C.C.CC#N.CCOC(CBr)OCC.CCOC(COc1ccccc1Br)OCC.COCCCC[C@@](O)(c1cccc2cc([Si](C)(C)C)oc12)[C@@H]1CCCN(C(=O)OC(C)(C)C)C1.COCCCC[C@@](O)(c1cccc2cc([Si](C)(C)C)oc12)[C@@H]1CCCNC1.CON(C)C(=O)[C@@H]1CCCN(C(=O)OC(C)(C)C)C1.C[Si](C)(C)Cl.C[Si](C)(C)c1cc2cccc(Br)c2o1.Oc1ccccc1Br.[K+].[OH-]. The number of phenolic OH excluding ortho intramolecular Hbond substituents is 1. The second-order valence-electron chi connectivity index (χ2n) is 41.4. The van der Waals surface area contributed by atoms with E-state index in [9.17, 15) is 24.6 Å². The van der Waals surface area contributed by atoms with Gasteiger partial charge in [-0.25, -0.2) is 14.7 Å². The van der Waals surface area contributed by atoms with Gasteiger partial charge in [0.2, 0.25) is 0 Å². The molecule has 3 saturated heterocycles. The maximum absolute atomic E-state index is 12.8. The number of hydrogen-bond donors (Lipinski definition) is 4. The van der Waals surface area contributed by atoms with Gasteiger partial charge in [0.05, 0.1) is 75.9 Å². The van der Waals surface area contributed by atoms with E-state index in [1.807, 2.05) is 148 Å². The number of likely N-dealkylation sites (tertiary alicyclic amines) is 2. The Morgan fingerprint density at radius 2 is 0.926 bits per heavy atom. The van der Waals surface area contributed by atoms with Crippen LogP contribution < -0.4 is 77.6 Å². The van der Waals surface area contributed by atoms with Crippen molar-refractivity contribution in [3.63, 3.8) is 0 Å². The number of benzene rings is 6. The number of phenols is 1. The number of aromatic hydroxyl groups is 1. The molecule has 13 rings (SSSR count). The van der Waals surface area contributed by atoms with Crippen LogP contribution in [-0.2, 0) is 58.7 Å². The number of carbonyl (C=O) groups excluding carboxylic acids is 3. The van der Waals surface area contributed by atoms with Crippen LogP contribution in [0.1, 0.15) is 179 Å². The van der Waals surface area contributed by atoms with Crippen LogP contribution in [0.2, 0.25) is 78.6 Å². The molecule has 6 aromatic carbocycles. The van der Waals surface area contributed by atoms with E-state index >= 15 is 0 Å². The van der Waals surface area contributed by atoms with Crippen LogP contribution in [0.5, 0.6) is 11.5 Å². The molecule has 0 unspecified atom stereocenters. The standard InChI is InChI=1S/C27H43NO5Si.C22H35NO3Si.C13H24N2O4.C12H17BrO3.C11H13BrOSi.C8H5BrO.C6H13BrO2.C6H5BrO.C3H9ClSi.C2H3N.2CH4.K.H2O/c1-26(2,3)33-25(29)28-16-11-13-21(19-28)27(30,15-8-9-17-31-4)22-14-10-12-20-18-23(32-24(20)22)34(5,6)7;1-25-14-6-5-12-22(24,18-10-8-13-23-16-18)19-11-7-9-17-15-20(26-21(17)19)27(2,3)4;1-13(2,3)19-12(17)15-8-6-7-10(9-15)11(16)14(4)18-5;1-3-14-12(15-4-2)9-16-11-8-6-5-7-10(11)13;1-14(2,3)10-7-8-5-4-6-9(12)11(8)13-10;9-7-3-1-2-6-4-5-10-8(6)7;1-3-8-6(5-7)9-4-2;7-5-3-1-2-4-6(5)8;1-5(2,3)4;1-2-3;;;;/h10,12,14,18,21,30H,8-9,11,13,15-17,19H2,1-7H3;7,9,11,15,18,23-24H,5-6,8,10,12-14,16H2,1-4H3;10H,6-9H2,1-5H3;5-8,12H,3-4,9H2,1-2H3;4-7H,1-3H3;1-5H;6H,3-5H2,1-2H3;1-4,8H;1-3H3;1H3;2*1H4;;1H2/q;;;;;;;;;;;;+1;/p-1/t21-,27+;18-,22+;10-;;;;;;;;;;;/m111.........../s1. The maximum Gasteiger partial charge on any atom is 1.00 e. The number of hydroxylamine groups is 2. The fourth-order valence-corrected chi connectivity index (χ4v) is 20.6. The number of furan rings is 4. The van der Waals surface area contributed by atoms with Gasteiger partial charge in [-0.2, -0.15) is 16.3 Å². The number of amides is 3. The number of carbonyl (C=O) groups is 3. The van der Waals surface area contributed by atoms with Crippen LogP contribution in [-0.4, -0.2) is 228 Å². The molecule has 0 saturated carbocycles. The van der Waals surface area contributed by atoms with E-state index in [0.717, 1.165) is 180 Å². The first-order valence-corrected chi connectivity index (χ1v) is 69.6. The molecule has 7 heterocycles. The number of ether oxygens (including phenoxy) is 9. The summed E-state index contributed by atoms with van der Waals surface area (Å²) in [6.07, 6.45) is 11.0. The first kappa shape index (κ1) is 144. The summed E-state index contributed by atoms with van der Waals surface area (Å²) in [5, 5.41) is 53.8. The van der Waals surface area contributed by atoms with E-state index in [0.29, 0.717) is 72.2 Å². The van der Waals surface area contributed by atoms with Crippen LogP contribution in [0.4, 0.5) is 9.59 Å². The zero-order valence-corrected chi connectivity index (χ0v) is 108. The Hall–Kier alpha value is -4.67. The van der Waals surface area contributed by atoms with Gasteiger partial charge in [-0.05, 0) is 277 Å². The van der Waals surface area contributed by atoms with Crippen molar-refractivity contribution in [1.29, 1.82) is 5.26 Å². The zero-order chi connectivity index (χ0) is 109. The molecule has 3 amide bonds. The second-order valence-corrected chi connectivity index (χ2v) is 68.0. The monoisotopic (exact) mass is 2510 g/mol. The summed E-state index contributed by atoms with van der Waals surface area (Å²) >= 11 is 22.4. The number of piperidine rings is 3. The van der Waals surface area contributed by atoms with Crippen molar-refractivity contribution in [1.82, 2.24) is 20.2 Å². The first-order chi connectivity index (χ1) is 68.1. The summed E-state index contributed by atoms with van der Waals surface area (Å²) in [5.41, 5.74) is 2.33. The molecule has 3 aliphatic heterocycles. The minimum Gasteiger partial charge on any atom is -0.870 e. The Balaban J connectivity index is 0.00000172. The van der Waals surface area contributed by atoms with Crippen molar-refractivity contribution in [3.05, 3.63) is 181 Å². The van der Waals surface area contributed by atoms with Gasteiger partial charge in [0, 0.05) is 145 Å². The van der Waals surface area contributed by atoms with Crippen LogP contribution >= 0.6 is 90.7 Å². The summed E-state index contributed by atoms with van der Waals surface area (Å²) in [6, 6.07) is 49.4. The predicted octanol–water partition coefficient (Wildman–Crippen LogP) is 26.1. The largest absolute Gasteiger partial charge is 1.00 e. The number of nitrogens with zero attached hydrogens (tertiary/aromatic N) is 4. The Morgan fingerprint density at radius 1 is 0.537 bits per heavy atom. The van der Waals surface area contributed by atoms with E-state index in [1.54, 1.807) is 61.6 Å². The van der Waals surface area contributed by atoms with Crippen molar-refractivity contribution in [2.75, 3.05) is 119 Å². The van der Waals surface area contributed by atoms with Gasteiger partial charge in [0.15, 0.2) is 12.6 Å². The quantitative estimate of drug-likeness (QED) is 0.00783. The van der Waals surface area contributed by atoms with Crippen LogP contribution in [0.3, 0.4) is 0 Å². The number of fused-ring (bicyclic) bond motifs is 4. The number of nitriles is 1. The molecule has 3 fully saturated rings.